The van der Waals surface area contributed by atoms with Gasteiger partial charge < -0.3 is 39.5 Å². The Balaban J connectivity index is 0.00000188. The van der Waals surface area contributed by atoms with Gasteiger partial charge in [0.05, 0.1) is 48.6 Å². The lowest BCUT2D eigenvalue weighted by Crippen LogP contribution is -2.55. The van der Waals surface area contributed by atoms with E-state index in [0.717, 1.165) is 23.6 Å². The van der Waals surface area contributed by atoms with Crippen LogP contribution in [-0.4, -0.2) is 94.0 Å². The third-order valence-corrected chi connectivity index (χ3v) is 9.54. The van der Waals surface area contributed by atoms with Gasteiger partial charge in [-0.2, -0.15) is 0 Å². The molecule has 3 saturated heterocycles. The van der Waals surface area contributed by atoms with E-state index >= 15 is 0 Å². The van der Waals surface area contributed by atoms with Crippen LogP contribution in [0.2, 0.25) is 0 Å². The average Bonchev–Trinajstić information content (AvgIpc) is 3.53. The van der Waals surface area contributed by atoms with E-state index in [9.17, 15) is 15.0 Å². The molecule has 2 aromatic heterocycles. The third kappa shape index (κ3) is 6.70. The number of ether oxygens (including phenoxy) is 3. The van der Waals surface area contributed by atoms with E-state index in [2.05, 4.69) is 20.1 Å². The van der Waals surface area contributed by atoms with E-state index in [1.165, 1.54) is 11.8 Å². The van der Waals surface area contributed by atoms with Crippen molar-refractivity contribution in [2.75, 3.05) is 42.6 Å². The molecular weight excluding hydrogens is 584 g/mol. The Morgan fingerprint density at radius 1 is 1.23 bits per heavy atom. The van der Waals surface area contributed by atoms with Gasteiger partial charge in [-0.15, -0.1) is 0 Å². The van der Waals surface area contributed by atoms with Gasteiger partial charge >= 0.3 is 6.09 Å². The SMILES string of the molecule is CC.CC1OCC2(CCN(c3ncc(Sc4ccnc5c4OCC4CC(O)CN54)nc3CO)CC2)C1NC(=O)OC(C)(C)C. The first-order chi connectivity index (χ1) is 21.0. The molecule has 1 amide bonds. The molecule has 0 bridgehead atoms. The molecular formula is C31H46N6O6S. The summed E-state index contributed by atoms with van der Waals surface area (Å²) in [4.78, 5) is 31.8. The Morgan fingerprint density at radius 2 is 1.98 bits per heavy atom. The number of hydrogen-bond donors (Lipinski definition) is 3. The molecule has 1 spiro atoms. The number of anilines is 2. The maximum absolute atomic E-state index is 12.6. The van der Waals surface area contributed by atoms with E-state index in [1.807, 2.05) is 47.6 Å². The highest BCUT2D eigenvalue weighted by Crippen LogP contribution is 2.45. The van der Waals surface area contributed by atoms with Crippen molar-refractivity contribution in [1.82, 2.24) is 20.3 Å². The Morgan fingerprint density at radius 3 is 2.68 bits per heavy atom. The van der Waals surface area contributed by atoms with Gasteiger partial charge in [-0.05, 0) is 53.0 Å². The predicted octanol–water partition coefficient (Wildman–Crippen LogP) is 3.77. The number of amides is 1. The molecule has 242 valence electrons. The summed E-state index contributed by atoms with van der Waals surface area (Å²) in [5.74, 6) is 2.10. The van der Waals surface area contributed by atoms with Gasteiger partial charge in [0.1, 0.15) is 22.9 Å². The van der Waals surface area contributed by atoms with E-state index in [0.29, 0.717) is 61.6 Å². The molecule has 6 heterocycles. The standard InChI is InChI=1S/C29H40N6O6S.C2H6/c1-17-24(33-27(38)41-28(2,3)4)29(16-40-17)6-9-34(10-7-29)25-20(14-36)32-22(12-31-25)42-21-5-8-30-26-23(21)39-15-18-11-19(37)13-35(18)26;1-2/h5,8,12,17-19,24,36-37H,6-7,9-11,13-16H2,1-4H3,(H,33,38);1-2H3. The van der Waals surface area contributed by atoms with Crippen molar-refractivity contribution in [2.24, 2.45) is 5.41 Å². The number of nitrogens with zero attached hydrogens (tertiary/aromatic N) is 5. The first kappa shape index (κ1) is 32.5. The number of alkyl carbamates (subject to hydrolysis) is 1. The number of piperidine rings is 1. The van der Waals surface area contributed by atoms with Crippen LogP contribution in [0, 0.1) is 5.41 Å². The molecule has 4 atom stereocenters. The second-order valence-corrected chi connectivity index (χ2v) is 13.8. The lowest BCUT2D eigenvalue weighted by molar-refractivity contribution is 0.0434. The Hall–Kier alpha value is -2.87. The number of rotatable bonds is 5. The maximum atomic E-state index is 12.6. The summed E-state index contributed by atoms with van der Waals surface area (Å²) in [5, 5.41) is 24.1. The van der Waals surface area contributed by atoms with Crippen LogP contribution >= 0.6 is 11.8 Å². The number of hydrogen-bond acceptors (Lipinski definition) is 12. The summed E-state index contributed by atoms with van der Waals surface area (Å²) in [6.07, 6.45) is 4.83. The fourth-order valence-corrected chi connectivity index (χ4v) is 7.43. The van der Waals surface area contributed by atoms with E-state index < -0.39 is 11.7 Å². The van der Waals surface area contributed by atoms with Crippen molar-refractivity contribution in [3.63, 3.8) is 0 Å². The molecule has 12 nitrogen and oxygen atoms in total. The zero-order valence-electron chi connectivity index (χ0n) is 26.6. The van der Waals surface area contributed by atoms with Crippen molar-refractivity contribution in [1.29, 1.82) is 0 Å². The van der Waals surface area contributed by atoms with Crippen molar-refractivity contribution < 1.29 is 29.2 Å². The van der Waals surface area contributed by atoms with Crippen LogP contribution in [0.4, 0.5) is 16.4 Å². The number of aliphatic hydroxyl groups excluding tert-OH is 2. The topological polar surface area (TPSA) is 142 Å². The van der Waals surface area contributed by atoms with Crippen LogP contribution in [0.25, 0.3) is 0 Å². The quantitative estimate of drug-likeness (QED) is 0.443. The van der Waals surface area contributed by atoms with Gasteiger partial charge in [-0.25, -0.2) is 19.7 Å². The van der Waals surface area contributed by atoms with Gasteiger partial charge in [0.15, 0.2) is 17.4 Å². The molecule has 13 heteroatoms. The molecule has 2 aromatic rings. The summed E-state index contributed by atoms with van der Waals surface area (Å²) in [7, 11) is 0. The Bertz CT molecular complexity index is 1320. The summed E-state index contributed by atoms with van der Waals surface area (Å²) in [6.45, 7) is 14.3. The second-order valence-electron chi connectivity index (χ2n) is 12.7. The zero-order valence-corrected chi connectivity index (χ0v) is 27.4. The minimum atomic E-state index is -0.572. The van der Waals surface area contributed by atoms with Gasteiger partial charge in [-0.1, -0.05) is 25.6 Å². The Kier molecular flexibility index (Phi) is 9.78. The molecule has 4 unspecified atom stereocenters. The monoisotopic (exact) mass is 630 g/mol. The van der Waals surface area contributed by atoms with Crippen LogP contribution < -0.4 is 19.9 Å². The highest BCUT2D eigenvalue weighted by Gasteiger charge is 2.50. The van der Waals surface area contributed by atoms with Crippen LogP contribution in [-0.2, 0) is 16.1 Å². The number of fused-ring (bicyclic) bond motifs is 3. The predicted molar refractivity (Wildman–Crippen MR) is 167 cm³/mol. The molecule has 4 aliphatic rings. The van der Waals surface area contributed by atoms with Crippen LogP contribution in [0.1, 0.15) is 66.5 Å². The molecule has 4 aliphatic heterocycles. The van der Waals surface area contributed by atoms with Crippen molar-refractivity contribution >= 4 is 29.5 Å². The first-order valence-corrected chi connectivity index (χ1v) is 16.4. The Labute approximate surface area is 263 Å². The largest absolute Gasteiger partial charge is 0.486 e. The number of carbonyl (C=O) groups excluding carboxylic acids is 1. The average molecular weight is 631 g/mol. The van der Waals surface area contributed by atoms with Crippen LogP contribution in [0.15, 0.2) is 28.4 Å². The normalized spacial score (nSPS) is 25.5. The van der Waals surface area contributed by atoms with Crippen LogP contribution in [0.3, 0.4) is 0 Å². The first-order valence-electron chi connectivity index (χ1n) is 15.6. The molecule has 0 radical (unpaired) electrons. The molecule has 6 rings (SSSR count). The summed E-state index contributed by atoms with van der Waals surface area (Å²) in [6, 6.07) is 1.87. The van der Waals surface area contributed by atoms with Crippen LogP contribution in [0.5, 0.6) is 5.75 Å². The van der Waals surface area contributed by atoms with Gasteiger partial charge in [0.2, 0.25) is 0 Å². The second kappa shape index (κ2) is 13.2. The summed E-state index contributed by atoms with van der Waals surface area (Å²) < 4.78 is 17.6. The molecule has 3 fully saturated rings. The van der Waals surface area contributed by atoms with Crippen molar-refractivity contribution in [2.45, 2.75) is 107 Å². The molecule has 0 aliphatic carbocycles. The van der Waals surface area contributed by atoms with Gasteiger partial charge in [-0.3, -0.25) is 0 Å². The van der Waals surface area contributed by atoms with Crippen molar-refractivity contribution in [3.8, 4) is 5.75 Å². The van der Waals surface area contributed by atoms with E-state index in [-0.39, 0.29) is 36.3 Å². The molecule has 0 aromatic carbocycles. The fourth-order valence-electron chi connectivity index (χ4n) is 6.57. The van der Waals surface area contributed by atoms with E-state index in [1.54, 1.807) is 12.4 Å². The van der Waals surface area contributed by atoms with E-state index in [4.69, 9.17) is 24.2 Å². The van der Waals surface area contributed by atoms with Gasteiger partial charge in [0.25, 0.3) is 0 Å². The number of aliphatic hydroxyl groups is 2. The number of nitrogens with one attached hydrogen (secondary N) is 1. The minimum Gasteiger partial charge on any atom is -0.486 e. The number of aromatic nitrogens is 3. The highest BCUT2D eigenvalue weighted by atomic mass is 32.2. The lowest BCUT2D eigenvalue weighted by atomic mass is 9.73. The highest BCUT2D eigenvalue weighted by molar-refractivity contribution is 7.99. The third-order valence-electron chi connectivity index (χ3n) is 8.59. The molecule has 3 N–H and O–H groups in total. The summed E-state index contributed by atoms with van der Waals surface area (Å²) >= 11 is 1.42. The maximum Gasteiger partial charge on any atom is 0.407 e. The zero-order chi connectivity index (χ0) is 31.6. The smallest absolute Gasteiger partial charge is 0.407 e. The lowest BCUT2D eigenvalue weighted by Gasteiger charge is -2.43. The van der Waals surface area contributed by atoms with Gasteiger partial charge in [0, 0.05) is 31.2 Å². The molecule has 44 heavy (non-hydrogen) atoms. The minimum absolute atomic E-state index is 0.113. The molecule has 0 saturated carbocycles. The fraction of sp³-hybridized carbons (Fsp3) is 0.677. The number of carbonyl (C=O) groups is 1. The summed E-state index contributed by atoms with van der Waals surface area (Å²) in [5.41, 5.74) is -0.250. The van der Waals surface area contributed by atoms with Crippen molar-refractivity contribution in [3.05, 3.63) is 24.2 Å². The number of pyridine rings is 1.